The number of carboxylic acid groups (broad SMARTS) is 1. The van der Waals surface area contributed by atoms with Crippen molar-refractivity contribution in [1.82, 2.24) is 25.0 Å². The number of aryl methyl sites for hydroxylation is 1. The molecular formula is C33H38F3N7O5S. The first-order chi connectivity index (χ1) is 23.2. The first-order valence-corrected chi connectivity index (χ1v) is 16.8. The summed E-state index contributed by atoms with van der Waals surface area (Å²) in [6, 6.07) is 4.26. The smallest absolute Gasteiger partial charge is 0.338 e. The zero-order valence-electron chi connectivity index (χ0n) is 27.4. The maximum Gasteiger partial charge on any atom is 0.338 e. The molecule has 5 heterocycles. The van der Waals surface area contributed by atoms with Crippen LogP contribution < -0.4 is 10.2 Å². The van der Waals surface area contributed by atoms with Gasteiger partial charge < -0.3 is 25.2 Å². The number of aliphatic imine (C=N–C) groups is 1. The number of halogens is 3. The topological polar surface area (TPSA) is 145 Å². The number of thiazole rings is 1. The first-order valence-electron chi connectivity index (χ1n) is 15.9. The van der Waals surface area contributed by atoms with Crippen LogP contribution in [0.1, 0.15) is 49.4 Å². The van der Waals surface area contributed by atoms with E-state index in [-0.39, 0.29) is 55.3 Å². The number of anilines is 1. The Balaban J connectivity index is 1.33. The summed E-state index contributed by atoms with van der Waals surface area (Å²) in [4.78, 5) is 37.2. The van der Waals surface area contributed by atoms with E-state index in [1.54, 1.807) is 57.6 Å². The first kappa shape index (κ1) is 34.6. The number of carbonyl (C=O) groups is 2. The molecule has 3 aliphatic heterocycles. The maximum absolute atomic E-state index is 15.8. The van der Waals surface area contributed by atoms with Crippen molar-refractivity contribution in [1.29, 1.82) is 0 Å². The predicted molar refractivity (Wildman–Crippen MR) is 175 cm³/mol. The highest BCUT2D eigenvalue weighted by Crippen LogP contribution is 2.47. The van der Waals surface area contributed by atoms with Crippen LogP contribution in [0.4, 0.5) is 19.0 Å². The van der Waals surface area contributed by atoms with Crippen LogP contribution in [-0.4, -0.2) is 92.1 Å². The number of ether oxygens (including phenoxy) is 1. The summed E-state index contributed by atoms with van der Waals surface area (Å²) in [6.45, 7) is 5.96. The number of likely N-dealkylation sites (tertiary alicyclic amines) is 1. The second-order valence-electron chi connectivity index (χ2n) is 13.1. The number of alkyl halides is 2. The molecule has 3 aromatic rings. The third-order valence-electron chi connectivity index (χ3n) is 9.50. The Morgan fingerprint density at radius 2 is 2.02 bits per heavy atom. The number of aromatic nitrogens is 3. The molecule has 0 spiro atoms. The summed E-state index contributed by atoms with van der Waals surface area (Å²) in [6.07, 6.45) is 1.94. The molecule has 12 nitrogen and oxygen atoms in total. The van der Waals surface area contributed by atoms with Crippen LogP contribution in [-0.2, 0) is 20.9 Å². The number of benzene rings is 1. The zero-order valence-corrected chi connectivity index (χ0v) is 28.3. The number of carbonyl (C=O) groups excluding carboxylic acids is 1. The van der Waals surface area contributed by atoms with Crippen molar-refractivity contribution in [3.63, 3.8) is 0 Å². The van der Waals surface area contributed by atoms with Gasteiger partial charge in [-0.05, 0) is 51.3 Å². The van der Waals surface area contributed by atoms with E-state index in [0.717, 1.165) is 0 Å². The number of aliphatic hydroxyl groups is 1. The third kappa shape index (κ3) is 6.56. The minimum absolute atomic E-state index is 0.0148. The van der Waals surface area contributed by atoms with E-state index in [2.05, 4.69) is 15.4 Å². The molecule has 1 unspecified atom stereocenters. The van der Waals surface area contributed by atoms with Crippen molar-refractivity contribution in [3.8, 4) is 0 Å². The normalized spacial score (nSPS) is 23.8. The lowest BCUT2D eigenvalue weighted by Gasteiger charge is -2.31. The van der Waals surface area contributed by atoms with E-state index < -0.39 is 59.9 Å². The number of hydrogen-bond acceptors (Lipinski definition) is 11. The Morgan fingerprint density at radius 3 is 2.71 bits per heavy atom. The fourth-order valence-electron chi connectivity index (χ4n) is 6.65. The molecule has 16 heteroatoms. The summed E-state index contributed by atoms with van der Waals surface area (Å²) >= 11 is 1.29. The molecule has 0 aliphatic carbocycles. The molecule has 0 saturated carbocycles. The molecular weight excluding hydrogens is 663 g/mol. The number of amidine groups is 1. The van der Waals surface area contributed by atoms with E-state index in [1.807, 2.05) is 0 Å². The molecule has 3 N–H and O–H groups in total. The van der Waals surface area contributed by atoms with E-state index in [1.165, 1.54) is 38.0 Å². The molecule has 0 bridgehead atoms. The molecule has 3 aliphatic rings. The van der Waals surface area contributed by atoms with E-state index >= 15 is 8.78 Å². The number of nitrogens with one attached hydrogen (secondary N) is 1. The molecule has 1 aromatic carbocycles. The van der Waals surface area contributed by atoms with Gasteiger partial charge in [0.15, 0.2) is 16.7 Å². The predicted octanol–water partition coefficient (Wildman–Crippen LogP) is 3.97. The standard InChI is InChI=1S/C33H38F3N7O5S/c1-5-48-30(45)24-21(38-27(28-37-11-14-49-28)39-26(24)19-7-6-8-20(34)18(19)2)15-41-17-33(35,36)25-22(41)16-43(29(25)44)23-9-12-42(40-23)13-10-32(3,4)31(46)47/h6-9,11-12,14,22,25-26,29,44H,5,10,13,15-17H2,1-4H3,(H,38,39)(H,46,47)/t22-,25?,26-,29-/m0/s1. The van der Waals surface area contributed by atoms with Crippen molar-refractivity contribution in [2.24, 2.45) is 16.3 Å². The number of nitrogens with zero attached hydrogens (tertiary/aromatic N) is 6. The lowest BCUT2D eigenvalue weighted by Crippen LogP contribution is -2.44. The molecule has 0 radical (unpaired) electrons. The van der Waals surface area contributed by atoms with Crippen molar-refractivity contribution in [3.05, 3.63) is 75.3 Å². The van der Waals surface area contributed by atoms with Gasteiger partial charge in [0.2, 0.25) is 0 Å². The average molecular weight is 702 g/mol. The fraction of sp³-hybridized carbons (Fsp3) is 0.485. The summed E-state index contributed by atoms with van der Waals surface area (Å²) in [5.74, 6) is -6.31. The highest BCUT2D eigenvalue weighted by Gasteiger charge is 2.62. The molecule has 49 heavy (non-hydrogen) atoms. The molecule has 2 aromatic heterocycles. The minimum atomic E-state index is -3.29. The quantitative estimate of drug-likeness (QED) is 0.251. The number of hydrogen-bond donors (Lipinski definition) is 3. The van der Waals surface area contributed by atoms with Gasteiger partial charge in [0.1, 0.15) is 18.1 Å². The van der Waals surface area contributed by atoms with Gasteiger partial charge in [-0.1, -0.05) is 12.1 Å². The number of esters is 1. The van der Waals surface area contributed by atoms with Gasteiger partial charge in [-0.15, -0.1) is 11.3 Å². The lowest BCUT2D eigenvalue weighted by atomic mass is 9.90. The molecule has 6 rings (SSSR count). The van der Waals surface area contributed by atoms with E-state index in [9.17, 15) is 24.2 Å². The van der Waals surface area contributed by atoms with E-state index in [4.69, 9.17) is 9.73 Å². The summed E-state index contributed by atoms with van der Waals surface area (Å²) < 4.78 is 53.3. The van der Waals surface area contributed by atoms with Crippen LogP contribution in [0.2, 0.25) is 0 Å². The fourth-order valence-corrected chi connectivity index (χ4v) is 7.24. The lowest BCUT2D eigenvalue weighted by molar-refractivity contribution is -0.147. The Labute approximate surface area is 284 Å². The van der Waals surface area contributed by atoms with Gasteiger partial charge in [-0.3, -0.25) is 19.4 Å². The van der Waals surface area contributed by atoms with Crippen LogP contribution in [0.3, 0.4) is 0 Å². The second-order valence-corrected chi connectivity index (χ2v) is 14.0. The second kappa shape index (κ2) is 13.2. The Hall–Kier alpha value is -4.28. The summed E-state index contributed by atoms with van der Waals surface area (Å²) in [5.41, 5.74) is 0.0549. The molecule has 2 fully saturated rings. The summed E-state index contributed by atoms with van der Waals surface area (Å²) in [7, 11) is 0. The van der Waals surface area contributed by atoms with Gasteiger partial charge in [0.05, 0.1) is 30.1 Å². The minimum Gasteiger partial charge on any atom is -0.481 e. The van der Waals surface area contributed by atoms with Gasteiger partial charge in [-0.2, -0.15) is 5.10 Å². The largest absolute Gasteiger partial charge is 0.481 e. The van der Waals surface area contributed by atoms with Crippen molar-refractivity contribution in [2.75, 3.05) is 31.1 Å². The van der Waals surface area contributed by atoms with Crippen LogP contribution in [0.25, 0.3) is 0 Å². The van der Waals surface area contributed by atoms with Crippen LogP contribution in [0.5, 0.6) is 0 Å². The number of aliphatic hydroxyl groups excluding tert-OH is 1. The van der Waals surface area contributed by atoms with Gasteiger partial charge in [0.25, 0.3) is 5.92 Å². The monoisotopic (exact) mass is 701 g/mol. The third-order valence-corrected chi connectivity index (χ3v) is 10.3. The van der Waals surface area contributed by atoms with Crippen molar-refractivity contribution in [2.45, 2.75) is 64.9 Å². The van der Waals surface area contributed by atoms with Crippen LogP contribution in [0, 0.1) is 24.1 Å². The highest BCUT2D eigenvalue weighted by molar-refractivity contribution is 7.11. The number of aliphatic carboxylic acids is 1. The van der Waals surface area contributed by atoms with Crippen LogP contribution >= 0.6 is 11.3 Å². The SMILES string of the molecule is CCOC(=O)C1=C(CN2CC(F)(F)C3[C@@H]2CN(c2ccn(CCC(C)(C)C(=O)O)n2)[C@H]3O)NC(c2nccs2)=N[C@H]1c1cccc(F)c1C. The van der Waals surface area contributed by atoms with Gasteiger partial charge in [0, 0.05) is 55.2 Å². The number of rotatable bonds is 11. The molecule has 0 amide bonds. The Kier molecular flexibility index (Phi) is 9.32. The average Bonchev–Trinajstić information content (AvgIpc) is 3.84. The van der Waals surface area contributed by atoms with Crippen molar-refractivity contribution >= 4 is 34.9 Å². The van der Waals surface area contributed by atoms with Crippen molar-refractivity contribution < 1.29 is 37.7 Å². The Bertz CT molecular complexity index is 1790. The van der Waals surface area contributed by atoms with Crippen LogP contribution in [0.15, 0.2) is 58.3 Å². The van der Waals surface area contributed by atoms with Gasteiger partial charge >= 0.3 is 11.9 Å². The molecule has 2 saturated heterocycles. The Morgan fingerprint density at radius 1 is 1.24 bits per heavy atom. The van der Waals surface area contributed by atoms with Gasteiger partial charge in [-0.25, -0.2) is 22.9 Å². The maximum atomic E-state index is 15.8. The number of carboxylic acids is 1. The summed E-state index contributed by atoms with van der Waals surface area (Å²) in [5, 5.41) is 30.6. The highest BCUT2D eigenvalue weighted by atomic mass is 32.1. The molecule has 262 valence electrons. The zero-order chi connectivity index (χ0) is 35.2. The van der Waals surface area contributed by atoms with E-state index in [0.29, 0.717) is 16.4 Å². The molecule has 4 atom stereocenters. The number of fused-ring (bicyclic) bond motifs is 1.